The Labute approximate surface area is 121 Å². The molecule has 1 fully saturated rings. The van der Waals surface area contributed by atoms with Crippen molar-refractivity contribution < 1.29 is 4.79 Å². The van der Waals surface area contributed by atoms with E-state index < -0.39 is 0 Å². The monoisotopic (exact) mass is 275 g/mol. The van der Waals surface area contributed by atoms with Crippen LogP contribution in [-0.4, -0.2) is 25.5 Å². The highest BCUT2D eigenvalue weighted by Crippen LogP contribution is 2.27. The fourth-order valence-electron chi connectivity index (χ4n) is 2.83. The van der Waals surface area contributed by atoms with Crippen molar-refractivity contribution in [3.63, 3.8) is 0 Å². The maximum Gasteiger partial charge on any atom is 0.220 e. The minimum absolute atomic E-state index is 0.0499. The van der Waals surface area contributed by atoms with E-state index in [4.69, 9.17) is 5.73 Å². The number of nitrogens with two attached hydrogens (primary N) is 1. The van der Waals surface area contributed by atoms with Crippen LogP contribution >= 0.6 is 0 Å². The van der Waals surface area contributed by atoms with Crippen LogP contribution in [0.5, 0.6) is 0 Å². The second-order valence-electron chi connectivity index (χ2n) is 5.58. The van der Waals surface area contributed by atoms with E-state index in [1.54, 1.807) is 0 Å². The van der Waals surface area contributed by atoms with Gasteiger partial charge in [0.25, 0.3) is 0 Å². The van der Waals surface area contributed by atoms with Crippen molar-refractivity contribution in [1.82, 2.24) is 5.32 Å². The second kappa shape index (κ2) is 6.75. The lowest BCUT2D eigenvalue weighted by atomic mass is 9.95. The number of rotatable bonds is 5. The summed E-state index contributed by atoms with van der Waals surface area (Å²) in [5.74, 6) is -0.102. The summed E-state index contributed by atoms with van der Waals surface area (Å²) in [5, 5.41) is 3.40. The molecule has 4 nitrogen and oxygen atoms in total. The highest BCUT2D eigenvalue weighted by Gasteiger charge is 2.24. The van der Waals surface area contributed by atoms with Gasteiger partial charge in [-0.15, -0.1) is 0 Å². The molecule has 0 radical (unpaired) electrons. The molecule has 4 heteroatoms. The zero-order valence-corrected chi connectivity index (χ0v) is 12.5. The zero-order valence-electron chi connectivity index (χ0n) is 12.5. The molecule has 0 unspecified atom stereocenters. The molecule has 110 valence electrons. The van der Waals surface area contributed by atoms with Gasteiger partial charge in [0.2, 0.25) is 5.91 Å². The summed E-state index contributed by atoms with van der Waals surface area (Å²) < 4.78 is 0. The molecule has 20 heavy (non-hydrogen) atoms. The largest absolute Gasteiger partial charge is 0.371 e. The van der Waals surface area contributed by atoms with Gasteiger partial charge in [0.15, 0.2) is 0 Å². The van der Waals surface area contributed by atoms with Gasteiger partial charge in [0, 0.05) is 31.2 Å². The zero-order chi connectivity index (χ0) is 14.5. The summed E-state index contributed by atoms with van der Waals surface area (Å²) in [4.78, 5) is 13.6. The van der Waals surface area contributed by atoms with Crippen LogP contribution in [0.2, 0.25) is 0 Å². The molecular weight excluding hydrogens is 250 g/mol. The number of benzene rings is 1. The highest BCUT2D eigenvalue weighted by atomic mass is 16.1. The molecule has 1 aromatic rings. The fourth-order valence-corrected chi connectivity index (χ4v) is 2.83. The average molecular weight is 275 g/mol. The van der Waals surface area contributed by atoms with Crippen LogP contribution in [0.4, 0.5) is 5.69 Å². The molecule has 0 spiro atoms. The van der Waals surface area contributed by atoms with Gasteiger partial charge in [0.1, 0.15) is 0 Å². The van der Waals surface area contributed by atoms with Gasteiger partial charge in [-0.1, -0.05) is 24.6 Å². The van der Waals surface area contributed by atoms with Crippen molar-refractivity contribution >= 4 is 11.6 Å². The first-order valence-corrected chi connectivity index (χ1v) is 7.46. The van der Waals surface area contributed by atoms with Crippen LogP contribution in [0.15, 0.2) is 18.2 Å². The Morgan fingerprint density at radius 1 is 1.40 bits per heavy atom. The third-order valence-electron chi connectivity index (χ3n) is 4.04. The number of nitrogens with one attached hydrogen (secondary N) is 1. The van der Waals surface area contributed by atoms with Crippen molar-refractivity contribution in [3.05, 3.63) is 29.3 Å². The fraction of sp³-hybridized carbons (Fsp3) is 0.562. The van der Waals surface area contributed by atoms with Gasteiger partial charge >= 0.3 is 0 Å². The Morgan fingerprint density at radius 2 is 2.10 bits per heavy atom. The molecule has 0 bridgehead atoms. The lowest BCUT2D eigenvalue weighted by Gasteiger charge is -2.34. The molecule has 0 atom stereocenters. The second-order valence-corrected chi connectivity index (χ2v) is 5.58. The average Bonchev–Trinajstić information content (AvgIpc) is 2.45. The topological polar surface area (TPSA) is 58.4 Å². The number of hydrogen-bond acceptors (Lipinski definition) is 3. The Kier molecular flexibility index (Phi) is 5.01. The van der Waals surface area contributed by atoms with Crippen molar-refractivity contribution in [2.75, 3.05) is 24.5 Å². The molecule has 0 aromatic heterocycles. The summed E-state index contributed by atoms with van der Waals surface area (Å²) >= 11 is 0. The summed E-state index contributed by atoms with van der Waals surface area (Å²) in [6, 6.07) is 6.61. The lowest BCUT2D eigenvalue weighted by Crippen LogP contribution is -2.39. The summed E-state index contributed by atoms with van der Waals surface area (Å²) in [5.41, 5.74) is 9.31. The van der Waals surface area contributed by atoms with E-state index in [2.05, 4.69) is 42.3 Å². The maximum atomic E-state index is 11.2. The maximum absolute atomic E-state index is 11.2. The van der Waals surface area contributed by atoms with Crippen LogP contribution < -0.4 is 16.0 Å². The van der Waals surface area contributed by atoms with Crippen LogP contribution in [0.1, 0.15) is 30.9 Å². The number of aryl methyl sites for hydroxylation is 1. The Morgan fingerprint density at radius 3 is 2.70 bits per heavy atom. The summed E-state index contributed by atoms with van der Waals surface area (Å²) in [6.45, 7) is 7.93. The van der Waals surface area contributed by atoms with E-state index >= 15 is 0 Å². The van der Waals surface area contributed by atoms with E-state index in [0.29, 0.717) is 0 Å². The van der Waals surface area contributed by atoms with Crippen molar-refractivity contribution in [1.29, 1.82) is 0 Å². The molecule has 1 heterocycles. The van der Waals surface area contributed by atoms with E-state index in [1.807, 2.05) is 0 Å². The van der Waals surface area contributed by atoms with Crippen LogP contribution in [-0.2, 0) is 11.3 Å². The smallest absolute Gasteiger partial charge is 0.220 e. The Balaban J connectivity index is 2.10. The van der Waals surface area contributed by atoms with Gasteiger partial charge in [-0.3, -0.25) is 4.79 Å². The van der Waals surface area contributed by atoms with Gasteiger partial charge in [-0.2, -0.15) is 0 Å². The number of carbonyl (C=O) groups excluding carboxylic acids is 1. The number of nitrogens with zero attached hydrogens (tertiary/aromatic N) is 1. The summed E-state index contributed by atoms with van der Waals surface area (Å²) in [7, 11) is 0. The van der Waals surface area contributed by atoms with E-state index in [9.17, 15) is 4.79 Å². The molecule has 1 aliphatic heterocycles. The third kappa shape index (κ3) is 3.51. The van der Waals surface area contributed by atoms with Crippen molar-refractivity contribution in [2.45, 2.75) is 33.2 Å². The first-order valence-electron chi connectivity index (χ1n) is 7.46. The predicted molar refractivity (Wildman–Crippen MR) is 82.7 cm³/mol. The predicted octanol–water partition coefficient (Wildman–Crippen LogP) is 1.81. The normalized spacial score (nSPS) is 16.4. The first-order chi connectivity index (χ1) is 9.61. The quantitative estimate of drug-likeness (QED) is 0.861. The molecule has 0 saturated carbocycles. The number of carbonyl (C=O) groups is 1. The minimum atomic E-state index is -0.151. The van der Waals surface area contributed by atoms with Crippen LogP contribution in [0.3, 0.4) is 0 Å². The van der Waals surface area contributed by atoms with Gasteiger partial charge in [0.05, 0.1) is 0 Å². The molecule has 2 rings (SSSR count). The van der Waals surface area contributed by atoms with Gasteiger partial charge in [-0.25, -0.2) is 0 Å². The molecule has 1 aromatic carbocycles. The molecule has 1 amide bonds. The number of hydrogen-bond donors (Lipinski definition) is 2. The van der Waals surface area contributed by atoms with Crippen LogP contribution in [0.25, 0.3) is 0 Å². The molecule has 1 aliphatic rings. The van der Waals surface area contributed by atoms with Gasteiger partial charge in [-0.05, 0) is 37.9 Å². The lowest BCUT2D eigenvalue weighted by molar-refractivity contribution is -0.122. The van der Waals surface area contributed by atoms with E-state index in [-0.39, 0.29) is 11.8 Å². The molecule has 3 N–H and O–H groups in total. The molecular formula is C16H25N3O. The molecule has 0 aliphatic carbocycles. The van der Waals surface area contributed by atoms with Gasteiger partial charge < -0.3 is 16.0 Å². The number of anilines is 1. The minimum Gasteiger partial charge on any atom is -0.371 e. The first kappa shape index (κ1) is 14.9. The Hall–Kier alpha value is -1.55. The highest BCUT2D eigenvalue weighted by molar-refractivity contribution is 5.77. The van der Waals surface area contributed by atoms with Crippen molar-refractivity contribution in [2.24, 2.45) is 11.7 Å². The molecule has 1 saturated heterocycles. The number of primary amides is 1. The SMILES string of the molecule is CCNCc1cc(C)ccc1N1CCC(C(N)=O)CC1. The third-order valence-corrected chi connectivity index (χ3v) is 4.04. The van der Waals surface area contributed by atoms with E-state index in [1.165, 1.54) is 16.8 Å². The summed E-state index contributed by atoms with van der Waals surface area (Å²) in [6.07, 6.45) is 1.73. The number of piperidine rings is 1. The van der Waals surface area contributed by atoms with Crippen molar-refractivity contribution in [3.8, 4) is 0 Å². The number of amides is 1. The van der Waals surface area contributed by atoms with Crippen LogP contribution in [0, 0.1) is 12.8 Å². The standard InChI is InChI=1S/C16H25N3O/c1-3-18-11-14-10-12(2)4-5-15(14)19-8-6-13(7-9-19)16(17)20/h4-5,10,13,18H,3,6-9,11H2,1-2H3,(H2,17,20). The van der Waals surface area contributed by atoms with E-state index in [0.717, 1.165) is 39.0 Å². The Bertz CT molecular complexity index is 465.